The van der Waals surface area contributed by atoms with Crippen LogP contribution >= 0.6 is 11.6 Å². The van der Waals surface area contributed by atoms with Crippen molar-refractivity contribution < 1.29 is 4.79 Å². The quantitative estimate of drug-likeness (QED) is 0.833. The summed E-state index contributed by atoms with van der Waals surface area (Å²) in [6.45, 7) is 4.64. The van der Waals surface area contributed by atoms with E-state index in [2.05, 4.69) is 0 Å². The maximum absolute atomic E-state index is 12.3. The number of nitrogens with zero attached hydrogens (tertiary/aromatic N) is 1. The molecule has 1 aliphatic rings. The Morgan fingerprint density at radius 2 is 2.24 bits per heavy atom. The van der Waals surface area contributed by atoms with Gasteiger partial charge in [0.15, 0.2) is 0 Å². The third-order valence-corrected chi connectivity index (χ3v) is 3.90. The number of hydrogen-bond acceptors (Lipinski definition) is 2. The van der Waals surface area contributed by atoms with Crippen molar-refractivity contribution in [3.63, 3.8) is 0 Å². The molecular weight excluding hydrogens is 236 g/mol. The van der Waals surface area contributed by atoms with Crippen molar-refractivity contribution in [2.75, 3.05) is 6.54 Å². The Bertz CT molecular complexity index is 447. The van der Waals surface area contributed by atoms with Gasteiger partial charge in [-0.15, -0.1) is 0 Å². The first kappa shape index (κ1) is 12.4. The summed E-state index contributed by atoms with van der Waals surface area (Å²) in [4.78, 5) is 14.1. The van der Waals surface area contributed by atoms with Crippen LogP contribution in [0.3, 0.4) is 0 Å². The molecule has 1 amide bonds. The number of benzene rings is 1. The third-order valence-electron chi connectivity index (χ3n) is 3.48. The first-order valence-electron chi connectivity index (χ1n) is 5.83. The molecule has 0 bridgehead atoms. The van der Waals surface area contributed by atoms with Crippen molar-refractivity contribution in [2.24, 2.45) is 5.73 Å². The molecule has 4 heteroatoms. The molecule has 2 atom stereocenters. The number of nitrogens with two attached hydrogens (primary N) is 1. The molecule has 0 saturated carbocycles. The molecule has 1 saturated heterocycles. The normalized spacial score (nSPS) is 24.1. The number of rotatable bonds is 1. The molecule has 17 heavy (non-hydrogen) atoms. The van der Waals surface area contributed by atoms with Gasteiger partial charge in [0, 0.05) is 29.2 Å². The summed E-state index contributed by atoms with van der Waals surface area (Å²) in [5, 5.41) is 0.688. The molecule has 1 fully saturated rings. The zero-order valence-corrected chi connectivity index (χ0v) is 10.9. The van der Waals surface area contributed by atoms with Crippen molar-refractivity contribution in [2.45, 2.75) is 32.4 Å². The minimum absolute atomic E-state index is 0.0465. The van der Waals surface area contributed by atoms with Crippen molar-refractivity contribution in [1.82, 2.24) is 4.90 Å². The lowest BCUT2D eigenvalue weighted by atomic mass is 10.1. The fourth-order valence-electron chi connectivity index (χ4n) is 2.19. The highest BCUT2D eigenvalue weighted by atomic mass is 35.5. The van der Waals surface area contributed by atoms with Crippen molar-refractivity contribution in [1.29, 1.82) is 0 Å². The highest BCUT2D eigenvalue weighted by Crippen LogP contribution is 2.21. The van der Waals surface area contributed by atoms with E-state index in [1.54, 1.807) is 12.1 Å². The number of hydrogen-bond donors (Lipinski definition) is 1. The summed E-state index contributed by atoms with van der Waals surface area (Å²) >= 11 is 5.95. The predicted molar refractivity (Wildman–Crippen MR) is 69.3 cm³/mol. The standard InChI is InChI=1S/C13H17ClN2O/c1-8-7-10(3-4-11(8)14)13(17)16-6-5-12(15)9(16)2/h3-4,7,9,12H,5-6,15H2,1-2H3. The maximum atomic E-state index is 12.3. The van der Waals surface area contributed by atoms with Crippen LogP contribution in [-0.4, -0.2) is 29.4 Å². The molecule has 1 aromatic carbocycles. The number of amides is 1. The van der Waals surface area contributed by atoms with Gasteiger partial charge in [-0.25, -0.2) is 0 Å². The SMILES string of the molecule is Cc1cc(C(=O)N2CCC(N)C2C)ccc1Cl. The van der Waals surface area contributed by atoms with E-state index in [4.69, 9.17) is 17.3 Å². The summed E-state index contributed by atoms with van der Waals surface area (Å²) in [6.07, 6.45) is 0.874. The molecule has 3 nitrogen and oxygen atoms in total. The maximum Gasteiger partial charge on any atom is 0.254 e. The largest absolute Gasteiger partial charge is 0.334 e. The molecule has 0 spiro atoms. The topological polar surface area (TPSA) is 46.3 Å². The van der Waals surface area contributed by atoms with Crippen LogP contribution in [0.1, 0.15) is 29.3 Å². The highest BCUT2D eigenvalue weighted by molar-refractivity contribution is 6.31. The lowest BCUT2D eigenvalue weighted by Gasteiger charge is -2.23. The number of aryl methyl sites for hydroxylation is 1. The lowest BCUT2D eigenvalue weighted by molar-refractivity contribution is 0.0742. The third kappa shape index (κ3) is 2.31. The summed E-state index contributed by atoms with van der Waals surface area (Å²) in [7, 11) is 0. The number of carbonyl (C=O) groups excluding carboxylic acids is 1. The first-order valence-corrected chi connectivity index (χ1v) is 6.21. The Morgan fingerprint density at radius 3 is 2.76 bits per heavy atom. The smallest absolute Gasteiger partial charge is 0.254 e. The zero-order chi connectivity index (χ0) is 12.6. The molecular formula is C13H17ClN2O. The second-order valence-corrected chi connectivity index (χ2v) is 5.06. The van der Waals surface area contributed by atoms with Crippen molar-refractivity contribution in [3.05, 3.63) is 34.3 Å². The molecule has 0 aromatic heterocycles. The molecule has 1 aliphatic heterocycles. The van der Waals surface area contributed by atoms with E-state index in [1.807, 2.05) is 24.8 Å². The lowest BCUT2D eigenvalue weighted by Crippen LogP contribution is -2.40. The van der Waals surface area contributed by atoms with Crippen LogP contribution in [0, 0.1) is 6.92 Å². The Hall–Kier alpha value is -1.06. The van der Waals surface area contributed by atoms with E-state index in [9.17, 15) is 4.79 Å². The Balaban J connectivity index is 2.22. The van der Waals surface area contributed by atoms with Gasteiger partial charge in [0.25, 0.3) is 5.91 Å². The fourth-order valence-corrected chi connectivity index (χ4v) is 2.31. The first-order chi connectivity index (χ1) is 8.00. The van der Waals surface area contributed by atoms with Gasteiger partial charge in [-0.05, 0) is 44.0 Å². The second kappa shape index (κ2) is 4.67. The van der Waals surface area contributed by atoms with E-state index in [1.165, 1.54) is 0 Å². The van der Waals surface area contributed by atoms with Crippen LogP contribution < -0.4 is 5.73 Å². The molecule has 2 N–H and O–H groups in total. The van der Waals surface area contributed by atoms with Gasteiger partial charge in [-0.2, -0.15) is 0 Å². The number of likely N-dealkylation sites (tertiary alicyclic amines) is 1. The average Bonchev–Trinajstić information content (AvgIpc) is 2.63. The van der Waals surface area contributed by atoms with Crippen LogP contribution in [0.4, 0.5) is 0 Å². The van der Waals surface area contributed by atoms with Gasteiger partial charge in [0.05, 0.1) is 0 Å². The minimum Gasteiger partial charge on any atom is -0.334 e. The van der Waals surface area contributed by atoms with Gasteiger partial charge >= 0.3 is 0 Å². The Kier molecular flexibility index (Phi) is 3.40. The van der Waals surface area contributed by atoms with E-state index < -0.39 is 0 Å². The van der Waals surface area contributed by atoms with Crippen LogP contribution in [0.5, 0.6) is 0 Å². The van der Waals surface area contributed by atoms with Crippen LogP contribution in [0.25, 0.3) is 0 Å². The molecule has 2 unspecified atom stereocenters. The summed E-state index contributed by atoms with van der Waals surface area (Å²) < 4.78 is 0. The van der Waals surface area contributed by atoms with Crippen LogP contribution in [-0.2, 0) is 0 Å². The van der Waals surface area contributed by atoms with Crippen LogP contribution in [0.2, 0.25) is 5.02 Å². The van der Waals surface area contributed by atoms with E-state index in [-0.39, 0.29) is 18.0 Å². The predicted octanol–water partition coefficient (Wildman–Crippen LogP) is 2.21. The van der Waals surface area contributed by atoms with Gasteiger partial charge in [0.1, 0.15) is 0 Å². The zero-order valence-electron chi connectivity index (χ0n) is 10.1. The van der Waals surface area contributed by atoms with E-state index in [0.29, 0.717) is 10.6 Å². The summed E-state index contributed by atoms with van der Waals surface area (Å²) in [6, 6.07) is 5.58. The van der Waals surface area contributed by atoms with Crippen LogP contribution in [0.15, 0.2) is 18.2 Å². The monoisotopic (exact) mass is 252 g/mol. The Morgan fingerprint density at radius 1 is 1.53 bits per heavy atom. The molecule has 0 aliphatic carbocycles. The molecule has 0 radical (unpaired) electrons. The summed E-state index contributed by atoms with van der Waals surface area (Å²) in [5.41, 5.74) is 7.54. The number of carbonyl (C=O) groups is 1. The van der Waals surface area contributed by atoms with Gasteiger partial charge in [-0.1, -0.05) is 11.6 Å². The molecule has 92 valence electrons. The second-order valence-electron chi connectivity index (χ2n) is 4.66. The van der Waals surface area contributed by atoms with Gasteiger partial charge in [0.2, 0.25) is 0 Å². The van der Waals surface area contributed by atoms with Crippen molar-refractivity contribution in [3.8, 4) is 0 Å². The van der Waals surface area contributed by atoms with E-state index >= 15 is 0 Å². The molecule has 1 aromatic rings. The van der Waals surface area contributed by atoms with Gasteiger partial charge in [-0.3, -0.25) is 4.79 Å². The summed E-state index contributed by atoms with van der Waals surface area (Å²) in [5.74, 6) is 0.0465. The highest BCUT2D eigenvalue weighted by Gasteiger charge is 2.31. The molecule has 2 rings (SSSR count). The van der Waals surface area contributed by atoms with E-state index in [0.717, 1.165) is 18.5 Å². The number of halogens is 1. The average molecular weight is 253 g/mol. The Labute approximate surface area is 107 Å². The van der Waals surface area contributed by atoms with Gasteiger partial charge < -0.3 is 10.6 Å². The fraction of sp³-hybridized carbons (Fsp3) is 0.462. The van der Waals surface area contributed by atoms with Crippen molar-refractivity contribution >= 4 is 17.5 Å². The molecule has 1 heterocycles. The minimum atomic E-state index is 0.0465.